The van der Waals surface area contributed by atoms with Gasteiger partial charge < -0.3 is 9.47 Å². The molecule has 0 aliphatic rings. The Morgan fingerprint density at radius 1 is 0.683 bits per heavy atom. The van der Waals surface area contributed by atoms with Gasteiger partial charge in [-0.05, 0) is 104 Å². The van der Waals surface area contributed by atoms with Crippen molar-refractivity contribution in [2.45, 2.75) is 88.5 Å². The van der Waals surface area contributed by atoms with Crippen LogP contribution in [-0.4, -0.2) is 14.0 Å². The Morgan fingerprint density at radius 3 is 1.66 bits per heavy atom. The van der Waals surface area contributed by atoms with Crippen LogP contribution in [0.25, 0.3) is 0 Å². The van der Waals surface area contributed by atoms with Gasteiger partial charge in [-0.3, -0.25) is 0 Å². The molecule has 5 heteroatoms. The molecule has 0 heterocycles. The predicted molar refractivity (Wildman–Crippen MR) is 170 cm³/mol. The molecule has 41 heavy (non-hydrogen) atoms. The third-order valence-electron chi connectivity index (χ3n) is 6.79. The molecule has 0 aliphatic heterocycles. The topological polar surface area (TPSA) is 52.6 Å². The maximum atomic E-state index is 13.1. The van der Waals surface area contributed by atoms with Crippen LogP contribution in [-0.2, 0) is 20.7 Å². The zero-order valence-electron chi connectivity index (χ0n) is 25.9. The van der Waals surface area contributed by atoms with Crippen LogP contribution in [0.3, 0.4) is 0 Å². The molecule has 0 saturated heterocycles. The number of rotatable bonds is 9. The smallest absolute Gasteiger partial charge is 0.206 e. The van der Waals surface area contributed by atoms with Gasteiger partial charge in [0, 0.05) is 5.41 Å². The summed E-state index contributed by atoms with van der Waals surface area (Å²) >= 11 is 0. The van der Waals surface area contributed by atoms with Crippen molar-refractivity contribution in [2.24, 2.45) is 0 Å². The quantitative estimate of drug-likeness (QED) is 0.189. The normalized spacial score (nSPS) is 13.6. The van der Waals surface area contributed by atoms with E-state index in [4.69, 9.17) is 9.47 Å². The summed E-state index contributed by atoms with van der Waals surface area (Å²) in [5, 5.41) is 0. The van der Waals surface area contributed by atoms with E-state index in [-0.39, 0.29) is 26.2 Å². The highest BCUT2D eigenvalue weighted by Crippen LogP contribution is 2.34. The van der Waals surface area contributed by atoms with Crippen LogP contribution in [0.5, 0.6) is 11.5 Å². The second-order valence-electron chi connectivity index (χ2n) is 12.7. The number of benzene rings is 3. The standard InChI is InChI=1S/C36H44O4S/c1-10-12-28(36(8,9)29-14-18-31(19-15-29)40-35(5,6)7)13-11-26-39-30-20-24-33(25-21-30)41(37,38)32-22-16-27(17-23-32)34(2,3)4/h10-26H,1-9H3/b12-10-,26-11+,28-13+. The first-order valence-corrected chi connectivity index (χ1v) is 15.4. The van der Waals surface area contributed by atoms with Gasteiger partial charge in [0.15, 0.2) is 0 Å². The van der Waals surface area contributed by atoms with E-state index in [0.29, 0.717) is 5.75 Å². The molecule has 4 nitrogen and oxygen atoms in total. The van der Waals surface area contributed by atoms with E-state index in [1.165, 1.54) is 5.56 Å². The summed E-state index contributed by atoms with van der Waals surface area (Å²) in [6.07, 6.45) is 9.61. The zero-order chi connectivity index (χ0) is 30.5. The fourth-order valence-corrected chi connectivity index (χ4v) is 5.60. The van der Waals surface area contributed by atoms with E-state index in [1.54, 1.807) is 42.7 Å². The third-order valence-corrected chi connectivity index (χ3v) is 8.58. The van der Waals surface area contributed by atoms with Crippen LogP contribution in [0.1, 0.15) is 73.4 Å². The largest absolute Gasteiger partial charge is 0.488 e. The molecule has 0 unspecified atom stereocenters. The highest BCUT2D eigenvalue weighted by Gasteiger charge is 2.24. The second-order valence-corrected chi connectivity index (χ2v) is 14.6. The fraction of sp³-hybridized carbons (Fsp3) is 0.333. The lowest BCUT2D eigenvalue weighted by atomic mass is 9.77. The van der Waals surface area contributed by atoms with Crippen molar-refractivity contribution >= 4 is 9.84 Å². The van der Waals surface area contributed by atoms with Crippen molar-refractivity contribution < 1.29 is 17.9 Å². The molecule has 218 valence electrons. The SMILES string of the molecule is C\C=C/C(=C\C=C\Oc1ccc(S(=O)(=O)c2ccc(C(C)(C)C)cc2)cc1)C(C)(C)c1ccc(OC(C)(C)C)cc1. The first kappa shape index (κ1) is 32.0. The van der Waals surface area contributed by atoms with Gasteiger partial charge in [-0.15, -0.1) is 0 Å². The number of hydrogen-bond acceptors (Lipinski definition) is 4. The van der Waals surface area contributed by atoms with Crippen LogP contribution in [0.4, 0.5) is 0 Å². The van der Waals surface area contributed by atoms with Crippen LogP contribution in [0.15, 0.2) is 119 Å². The Labute approximate surface area is 247 Å². The summed E-state index contributed by atoms with van der Waals surface area (Å²) in [5.41, 5.74) is 2.83. The van der Waals surface area contributed by atoms with Gasteiger partial charge in [0.2, 0.25) is 9.84 Å². The van der Waals surface area contributed by atoms with E-state index < -0.39 is 9.84 Å². The molecule has 3 aromatic rings. The Bertz CT molecular complexity index is 1490. The Balaban J connectivity index is 1.72. The lowest BCUT2D eigenvalue weighted by molar-refractivity contribution is 0.131. The van der Waals surface area contributed by atoms with Crippen molar-refractivity contribution in [3.8, 4) is 11.5 Å². The summed E-state index contributed by atoms with van der Waals surface area (Å²) in [6.45, 7) is 18.8. The second kappa shape index (κ2) is 12.5. The number of sulfone groups is 1. The molecule has 3 rings (SSSR count). The minimum Gasteiger partial charge on any atom is -0.488 e. The molecule has 0 atom stereocenters. The van der Waals surface area contributed by atoms with E-state index in [1.807, 2.05) is 70.2 Å². The molecule has 0 amide bonds. The first-order valence-electron chi connectivity index (χ1n) is 14.0. The molecular formula is C36H44O4S. The van der Waals surface area contributed by atoms with Crippen molar-refractivity contribution in [2.75, 3.05) is 0 Å². The average molecular weight is 573 g/mol. The van der Waals surface area contributed by atoms with Crippen LogP contribution in [0.2, 0.25) is 0 Å². The molecule has 0 spiro atoms. The van der Waals surface area contributed by atoms with Crippen molar-refractivity contribution in [1.29, 1.82) is 0 Å². The highest BCUT2D eigenvalue weighted by molar-refractivity contribution is 7.91. The summed E-state index contributed by atoms with van der Waals surface area (Å²) < 4.78 is 38.0. The molecule has 0 aromatic heterocycles. The molecular weight excluding hydrogens is 528 g/mol. The Morgan fingerprint density at radius 2 is 1.17 bits per heavy atom. The number of ether oxygens (including phenoxy) is 2. The van der Waals surface area contributed by atoms with Crippen molar-refractivity contribution in [1.82, 2.24) is 0 Å². The molecule has 0 aliphatic carbocycles. The van der Waals surface area contributed by atoms with Gasteiger partial charge in [-0.2, -0.15) is 0 Å². The van der Waals surface area contributed by atoms with Crippen molar-refractivity contribution in [3.63, 3.8) is 0 Å². The van der Waals surface area contributed by atoms with Gasteiger partial charge in [-0.25, -0.2) is 8.42 Å². The Hall–Kier alpha value is -3.57. The first-order chi connectivity index (χ1) is 19.0. The fourth-order valence-electron chi connectivity index (χ4n) is 4.34. The summed E-state index contributed by atoms with van der Waals surface area (Å²) in [7, 11) is -3.61. The molecule has 3 aromatic carbocycles. The van der Waals surface area contributed by atoms with E-state index in [2.05, 4.69) is 52.8 Å². The minimum atomic E-state index is -3.61. The predicted octanol–water partition coefficient (Wildman–Crippen LogP) is 9.37. The molecule has 0 radical (unpaired) electrons. The third kappa shape index (κ3) is 8.46. The van der Waals surface area contributed by atoms with E-state index >= 15 is 0 Å². The molecule has 0 saturated carbocycles. The van der Waals surface area contributed by atoms with E-state index in [9.17, 15) is 8.42 Å². The lowest BCUT2D eigenvalue weighted by Gasteiger charge is -2.28. The maximum Gasteiger partial charge on any atom is 0.206 e. The zero-order valence-corrected chi connectivity index (χ0v) is 26.7. The monoisotopic (exact) mass is 572 g/mol. The lowest BCUT2D eigenvalue weighted by Crippen LogP contribution is -2.23. The number of allylic oxidation sites excluding steroid dienone is 5. The molecule has 0 N–H and O–H groups in total. The Kier molecular flexibility index (Phi) is 9.76. The van der Waals surface area contributed by atoms with Crippen LogP contribution in [0, 0.1) is 0 Å². The van der Waals surface area contributed by atoms with Crippen LogP contribution >= 0.6 is 0 Å². The van der Waals surface area contributed by atoms with Crippen molar-refractivity contribution in [3.05, 3.63) is 120 Å². The summed E-state index contributed by atoms with van der Waals surface area (Å²) in [4.78, 5) is 0.507. The van der Waals surface area contributed by atoms with Gasteiger partial charge >= 0.3 is 0 Å². The van der Waals surface area contributed by atoms with E-state index in [0.717, 1.165) is 16.9 Å². The maximum absolute atomic E-state index is 13.1. The van der Waals surface area contributed by atoms with Gasteiger partial charge in [0.05, 0.1) is 16.1 Å². The highest BCUT2D eigenvalue weighted by atomic mass is 32.2. The minimum absolute atomic E-state index is 0.0414. The van der Waals surface area contributed by atoms with Gasteiger partial charge in [0.25, 0.3) is 0 Å². The van der Waals surface area contributed by atoms with Gasteiger partial charge in [0.1, 0.15) is 17.1 Å². The summed E-state index contributed by atoms with van der Waals surface area (Å²) in [6, 6.07) is 21.8. The average Bonchev–Trinajstić information content (AvgIpc) is 2.89. The molecule has 0 fully saturated rings. The summed E-state index contributed by atoms with van der Waals surface area (Å²) in [5.74, 6) is 1.40. The number of hydrogen-bond donors (Lipinski definition) is 0. The van der Waals surface area contributed by atoms with Crippen LogP contribution < -0.4 is 9.47 Å². The molecule has 0 bridgehead atoms. The van der Waals surface area contributed by atoms with Gasteiger partial charge in [-0.1, -0.05) is 77.1 Å².